The minimum Gasteiger partial charge on any atom is -0.396 e. The number of aromatic amines is 1. The number of aryl methyl sites for hydroxylation is 1. The van der Waals surface area contributed by atoms with Crippen LogP contribution >= 0.6 is 22.6 Å². The predicted molar refractivity (Wildman–Crippen MR) is 66.4 cm³/mol. The van der Waals surface area contributed by atoms with E-state index in [9.17, 15) is 0 Å². The van der Waals surface area contributed by atoms with Crippen LogP contribution in [0.3, 0.4) is 0 Å². The van der Waals surface area contributed by atoms with E-state index >= 15 is 0 Å². The molecule has 3 heteroatoms. The second-order valence-electron chi connectivity index (χ2n) is 3.33. The molecule has 0 saturated heterocycles. The van der Waals surface area contributed by atoms with Crippen LogP contribution in [0.15, 0.2) is 24.4 Å². The molecule has 0 aliphatic carbocycles. The Morgan fingerprint density at radius 1 is 1.36 bits per heavy atom. The molecule has 0 fully saturated rings. The van der Waals surface area contributed by atoms with Crippen LogP contribution in [-0.2, 0) is 6.42 Å². The van der Waals surface area contributed by atoms with Gasteiger partial charge in [0.2, 0.25) is 0 Å². The van der Waals surface area contributed by atoms with Crippen molar-refractivity contribution in [3.8, 4) is 0 Å². The zero-order valence-corrected chi connectivity index (χ0v) is 9.91. The van der Waals surface area contributed by atoms with Crippen LogP contribution in [0.2, 0.25) is 0 Å². The molecular weight excluding hydrogens is 289 g/mol. The van der Waals surface area contributed by atoms with E-state index in [-0.39, 0.29) is 6.61 Å². The van der Waals surface area contributed by atoms with Gasteiger partial charge in [-0.05, 0) is 59.2 Å². The molecule has 0 amide bonds. The number of hydrogen-bond donors (Lipinski definition) is 2. The highest BCUT2D eigenvalue weighted by Crippen LogP contribution is 2.21. The Kier molecular flexibility index (Phi) is 3.08. The van der Waals surface area contributed by atoms with Gasteiger partial charge in [0, 0.05) is 27.3 Å². The Morgan fingerprint density at radius 2 is 2.21 bits per heavy atom. The molecule has 1 aromatic carbocycles. The molecule has 2 rings (SSSR count). The third kappa shape index (κ3) is 1.93. The number of aliphatic hydroxyl groups is 1. The van der Waals surface area contributed by atoms with Gasteiger partial charge in [-0.2, -0.15) is 0 Å². The number of benzene rings is 1. The van der Waals surface area contributed by atoms with Crippen LogP contribution in [0.5, 0.6) is 0 Å². The summed E-state index contributed by atoms with van der Waals surface area (Å²) in [5, 5.41) is 10.1. The van der Waals surface area contributed by atoms with Gasteiger partial charge in [-0.1, -0.05) is 0 Å². The van der Waals surface area contributed by atoms with Gasteiger partial charge >= 0.3 is 0 Å². The summed E-state index contributed by atoms with van der Waals surface area (Å²) in [4.78, 5) is 3.24. The van der Waals surface area contributed by atoms with Gasteiger partial charge in [-0.15, -0.1) is 0 Å². The summed E-state index contributed by atoms with van der Waals surface area (Å²) in [5.41, 5.74) is 2.48. The number of fused-ring (bicyclic) bond motifs is 1. The molecule has 1 heterocycles. The Balaban J connectivity index is 2.40. The number of nitrogens with one attached hydrogen (secondary N) is 1. The Hall–Kier alpha value is -0.550. The van der Waals surface area contributed by atoms with E-state index in [4.69, 9.17) is 5.11 Å². The lowest BCUT2D eigenvalue weighted by atomic mass is 10.1. The Morgan fingerprint density at radius 3 is 3.00 bits per heavy atom. The number of halogens is 1. The normalized spacial score (nSPS) is 11.0. The minimum absolute atomic E-state index is 0.261. The van der Waals surface area contributed by atoms with E-state index in [1.54, 1.807) is 0 Å². The highest BCUT2D eigenvalue weighted by molar-refractivity contribution is 14.1. The standard InChI is InChI=1S/C11H12INO/c12-9-3-4-11-10(6-9)8(7-13-11)2-1-5-14/h3-4,6-7,13-14H,1-2,5H2. The minimum atomic E-state index is 0.261. The van der Waals surface area contributed by atoms with Crippen molar-refractivity contribution in [1.29, 1.82) is 0 Å². The molecule has 0 spiro atoms. The first kappa shape index (κ1) is 9.98. The molecule has 2 N–H and O–H groups in total. The smallest absolute Gasteiger partial charge is 0.0457 e. The molecule has 14 heavy (non-hydrogen) atoms. The Labute approximate surface area is 96.5 Å². The fourth-order valence-electron chi connectivity index (χ4n) is 1.63. The SMILES string of the molecule is OCCCc1c[nH]c2ccc(I)cc12. The van der Waals surface area contributed by atoms with Gasteiger partial charge in [0.25, 0.3) is 0 Å². The fourth-order valence-corrected chi connectivity index (χ4v) is 2.12. The van der Waals surface area contributed by atoms with Crippen LogP contribution in [-0.4, -0.2) is 16.7 Å². The summed E-state index contributed by atoms with van der Waals surface area (Å²) in [6, 6.07) is 6.37. The van der Waals surface area contributed by atoms with Gasteiger partial charge in [0.05, 0.1) is 0 Å². The summed E-state index contributed by atoms with van der Waals surface area (Å²) in [7, 11) is 0. The van der Waals surface area contributed by atoms with Crippen LogP contribution in [0.4, 0.5) is 0 Å². The second-order valence-corrected chi connectivity index (χ2v) is 4.58. The van der Waals surface area contributed by atoms with Crippen LogP contribution in [0.25, 0.3) is 10.9 Å². The number of aliphatic hydroxyl groups excluding tert-OH is 1. The summed E-state index contributed by atoms with van der Waals surface area (Å²) in [5.74, 6) is 0. The zero-order valence-electron chi connectivity index (χ0n) is 7.76. The molecule has 2 nitrogen and oxygen atoms in total. The van der Waals surface area contributed by atoms with Crippen molar-refractivity contribution in [2.45, 2.75) is 12.8 Å². The first-order valence-corrected chi connectivity index (χ1v) is 5.75. The predicted octanol–water partition coefficient (Wildman–Crippen LogP) is 2.70. The molecular formula is C11H12INO. The summed E-state index contributed by atoms with van der Waals surface area (Å²) >= 11 is 2.32. The molecule has 0 radical (unpaired) electrons. The Bertz CT molecular complexity index is 436. The summed E-state index contributed by atoms with van der Waals surface area (Å²) in [6.07, 6.45) is 3.81. The quantitative estimate of drug-likeness (QED) is 0.840. The summed E-state index contributed by atoms with van der Waals surface area (Å²) < 4.78 is 1.25. The highest BCUT2D eigenvalue weighted by Gasteiger charge is 2.03. The van der Waals surface area contributed by atoms with Gasteiger partial charge < -0.3 is 10.1 Å². The zero-order chi connectivity index (χ0) is 9.97. The van der Waals surface area contributed by atoms with Crippen LogP contribution in [0, 0.1) is 3.57 Å². The molecule has 0 aliphatic rings. The first-order chi connectivity index (χ1) is 6.81. The molecule has 1 aromatic heterocycles. The van der Waals surface area contributed by atoms with E-state index in [1.165, 1.54) is 20.0 Å². The molecule has 0 unspecified atom stereocenters. The van der Waals surface area contributed by atoms with E-state index in [1.807, 2.05) is 6.20 Å². The second kappa shape index (κ2) is 4.31. The summed E-state index contributed by atoms with van der Waals surface area (Å²) in [6.45, 7) is 0.261. The maximum absolute atomic E-state index is 8.78. The van der Waals surface area contributed by atoms with Crippen molar-refractivity contribution in [3.63, 3.8) is 0 Å². The van der Waals surface area contributed by atoms with Gasteiger partial charge in [-0.3, -0.25) is 0 Å². The molecule has 2 aromatic rings. The molecule has 0 aliphatic heterocycles. The van der Waals surface area contributed by atoms with Gasteiger partial charge in [0.1, 0.15) is 0 Å². The van der Waals surface area contributed by atoms with Crippen LogP contribution < -0.4 is 0 Å². The van der Waals surface area contributed by atoms with E-state index < -0.39 is 0 Å². The number of rotatable bonds is 3. The highest BCUT2D eigenvalue weighted by atomic mass is 127. The number of H-pyrrole nitrogens is 1. The van der Waals surface area contributed by atoms with E-state index in [2.05, 4.69) is 45.8 Å². The maximum Gasteiger partial charge on any atom is 0.0457 e. The number of aromatic nitrogens is 1. The lowest BCUT2D eigenvalue weighted by Gasteiger charge is -1.97. The molecule has 0 saturated carbocycles. The van der Waals surface area contributed by atoms with Crippen molar-refractivity contribution < 1.29 is 5.11 Å². The third-order valence-corrected chi connectivity index (χ3v) is 3.00. The van der Waals surface area contributed by atoms with E-state index in [0.717, 1.165) is 12.8 Å². The monoisotopic (exact) mass is 301 g/mol. The van der Waals surface area contributed by atoms with Crippen molar-refractivity contribution in [1.82, 2.24) is 4.98 Å². The average molecular weight is 301 g/mol. The lowest BCUT2D eigenvalue weighted by Crippen LogP contribution is -1.87. The average Bonchev–Trinajstić information content (AvgIpc) is 2.57. The third-order valence-electron chi connectivity index (χ3n) is 2.33. The molecule has 74 valence electrons. The van der Waals surface area contributed by atoms with Crippen molar-refractivity contribution >= 4 is 33.5 Å². The van der Waals surface area contributed by atoms with Crippen molar-refractivity contribution in [3.05, 3.63) is 33.5 Å². The fraction of sp³-hybridized carbons (Fsp3) is 0.273. The maximum atomic E-state index is 8.78. The lowest BCUT2D eigenvalue weighted by molar-refractivity contribution is 0.289. The first-order valence-electron chi connectivity index (χ1n) is 4.67. The van der Waals surface area contributed by atoms with Crippen molar-refractivity contribution in [2.24, 2.45) is 0 Å². The largest absolute Gasteiger partial charge is 0.396 e. The number of hydrogen-bond acceptors (Lipinski definition) is 1. The van der Waals surface area contributed by atoms with Gasteiger partial charge in [0.15, 0.2) is 0 Å². The van der Waals surface area contributed by atoms with Gasteiger partial charge in [-0.25, -0.2) is 0 Å². The van der Waals surface area contributed by atoms with Crippen molar-refractivity contribution in [2.75, 3.05) is 6.61 Å². The molecule has 0 atom stereocenters. The molecule has 0 bridgehead atoms. The van der Waals surface area contributed by atoms with E-state index in [0.29, 0.717) is 0 Å². The van der Waals surface area contributed by atoms with Crippen LogP contribution in [0.1, 0.15) is 12.0 Å². The topological polar surface area (TPSA) is 36.0 Å².